The first-order valence-corrected chi connectivity index (χ1v) is 8.66. The van der Waals surface area contributed by atoms with Gasteiger partial charge in [-0.15, -0.1) is 0 Å². The van der Waals surface area contributed by atoms with E-state index in [9.17, 15) is 13.2 Å². The fraction of sp³-hybridized carbons (Fsp3) is 0.308. The number of ether oxygens (including phenoxy) is 1. The lowest BCUT2D eigenvalue weighted by Crippen LogP contribution is -2.21. The molecule has 1 aliphatic rings. The molecule has 21 heavy (non-hydrogen) atoms. The zero-order chi connectivity index (χ0) is 15.2. The Hall–Kier alpha value is -1.73. The number of nitrogens with one attached hydrogen (secondary N) is 1. The molecule has 1 amide bonds. The number of cyclic esters (lactones) is 1. The molecule has 0 bridgehead atoms. The topological polar surface area (TPSA) is 77.4 Å². The Labute approximate surface area is 126 Å². The van der Waals surface area contributed by atoms with Crippen LogP contribution in [0.2, 0.25) is 0 Å². The molecule has 1 saturated heterocycles. The first-order chi connectivity index (χ1) is 9.88. The molecule has 0 aliphatic carbocycles. The van der Waals surface area contributed by atoms with Crippen LogP contribution in [-0.2, 0) is 20.3 Å². The molecule has 1 aromatic carbocycles. The van der Waals surface area contributed by atoms with E-state index in [0.29, 0.717) is 24.2 Å². The van der Waals surface area contributed by atoms with Crippen molar-refractivity contribution >= 4 is 36.7 Å². The van der Waals surface area contributed by atoms with Crippen molar-refractivity contribution in [3.63, 3.8) is 0 Å². The van der Waals surface area contributed by atoms with Crippen molar-refractivity contribution in [3.05, 3.63) is 30.0 Å². The number of carbonyl (C=O) groups excluding carboxylic acids is 1. The van der Waals surface area contributed by atoms with Gasteiger partial charge in [0.25, 0.3) is 9.05 Å². The zero-order valence-corrected chi connectivity index (χ0v) is 12.7. The second-order valence-corrected chi connectivity index (χ2v) is 7.39. The van der Waals surface area contributed by atoms with Gasteiger partial charge < -0.3 is 14.6 Å². The summed E-state index contributed by atoms with van der Waals surface area (Å²) in [6.45, 7) is 2.46. The molecule has 0 radical (unpaired) electrons. The van der Waals surface area contributed by atoms with Crippen LogP contribution >= 0.6 is 10.7 Å². The lowest BCUT2D eigenvalue weighted by molar-refractivity contribution is 0.131. The molecule has 3 rings (SSSR count). The Morgan fingerprint density at radius 3 is 2.76 bits per heavy atom. The van der Waals surface area contributed by atoms with Gasteiger partial charge in [-0.05, 0) is 13.0 Å². The number of halogens is 1. The van der Waals surface area contributed by atoms with Crippen molar-refractivity contribution in [1.29, 1.82) is 0 Å². The van der Waals surface area contributed by atoms with Crippen molar-refractivity contribution in [1.82, 2.24) is 9.88 Å². The summed E-state index contributed by atoms with van der Waals surface area (Å²) in [6, 6.07) is 7.11. The largest absolute Gasteiger partial charge is 0.442 e. The summed E-state index contributed by atoms with van der Waals surface area (Å²) in [6.07, 6.45) is -0.794. The minimum absolute atomic E-state index is 0.108. The quantitative estimate of drug-likeness (QED) is 0.874. The second kappa shape index (κ2) is 4.92. The van der Waals surface area contributed by atoms with E-state index in [1.165, 1.54) is 0 Å². The molecule has 0 saturated carbocycles. The molecule has 8 heteroatoms. The summed E-state index contributed by atoms with van der Waals surface area (Å²) in [5.41, 5.74) is 1.28. The van der Waals surface area contributed by atoms with Gasteiger partial charge in [-0.25, -0.2) is 13.2 Å². The number of aromatic nitrogens is 1. The smallest absolute Gasteiger partial charge is 0.407 e. The van der Waals surface area contributed by atoms with Gasteiger partial charge >= 0.3 is 6.09 Å². The first-order valence-electron chi connectivity index (χ1n) is 6.35. The molecule has 2 heterocycles. The van der Waals surface area contributed by atoms with E-state index >= 15 is 0 Å². The SMILES string of the molecule is Cc1c(S(=O)(=O)Cl)c2ccccc2n1CC1CNC(=O)O1. The predicted molar refractivity (Wildman–Crippen MR) is 78.0 cm³/mol. The van der Waals surface area contributed by atoms with Crippen LogP contribution in [0.5, 0.6) is 0 Å². The Kier molecular flexibility index (Phi) is 3.33. The Balaban J connectivity index is 2.14. The molecule has 1 unspecified atom stereocenters. The molecule has 6 nitrogen and oxygen atoms in total. The lowest BCUT2D eigenvalue weighted by Gasteiger charge is -2.12. The van der Waals surface area contributed by atoms with Gasteiger partial charge in [0.05, 0.1) is 13.1 Å². The number of hydrogen-bond acceptors (Lipinski definition) is 4. The summed E-state index contributed by atoms with van der Waals surface area (Å²) >= 11 is 0. The number of carbonyl (C=O) groups is 1. The number of rotatable bonds is 3. The van der Waals surface area contributed by atoms with Crippen LogP contribution in [0.3, 0.4) is 0 Å². The minimum atomic E-state index is -3.86. The van der Waals surface area contributed by atoms with Crippen LogP contribution in [0.25, 0.3) is 10.9 Å². The highest BCUT2D eigenvalue weighted by Gasteiger charge is 2.27. The summed E-state index contributed by atoms with van der Waals surface area (Å²) in [5, 5.41) is 3.15. The standard InChI is InChI=1S/C13H13ClN2O4S/c1-8-12(21(14,18)19)10-4-2-3-5-11(10)16(8)7-9-6-15-13(17)20-9/h2-5,9H,6-7H2,1H3,(H,15,17). The predicted octanol–water partition coefficient (Wildman–Crippen LogP) is 1.99. The average molecular weight is 329 g/mol. The zero-order valence-electron chi connectivity index (χ0n) is 11.2. The van der Waals surface area contributed by atoms with Crippen molar-refractivity contribution in [3.8, 4) is 0 Å². The van der Waals surface area contributed by atoms with E-state index in [2.05, 4.69) is 5.32 Å². The fourth-order valence-corrected chi connectivity index (χ4v) is 4.16. The molecule has 2 aromatic rings. The maximum Gasteiger partial charge on any atom is 0.407 e. The highest BCUT2D eigenvalue weighted by molar-refractivity contribution is 8.14. The normalized spacial score (nSPS) is 18.8. The van der Waals surface area contributed by atoms with Crippen molar-refractivity contribution in [2.24, 2.45) is 0 Å². The number of fused-ring (bicyclic) bond motifs is 1. The van der Waals surface area contributed by atoms with Gasteiger partial charge in [0.1, 0.15) is 11.0 Å². The van der Waals surface area contributed by atoms with Crippen LogP contribution in [0.15, 0.2) is 29.2 Å². The van der Waals surface area contributed by atoms with Crippen LogP contribution in [0, 0.1) is 6.92 Å². The van der Waals surface area contributed by atoms with Gasteiger partial charge in [0, 0.05) is 27.3 Å². The number of para-hydroxylation sites is 1. The number of nitrogens with zero attached hydrogens (tertiary/aromatic N) is 1. The van der Waals surface area contributed by atoms with Crippen LogP contribution in [-0.4, -0.2) is 31.7 Å². The van der Waals surface area contributed by atoms with Gasteiger partial charge in [-0.1, -0.05) is 18.2 Å². The Bertz CT molecular complexity index is 828. The van der Waals surface area contributed by atoms with E-state index in [4.69, 9.17) is 15.4 Å². The van der Waals surface area contributed by atoms with Crippen LogP contribution in [0.1, 0.15) is 5.69 Å². The second-order valence-electron chi connectivity index (χ2n) is 4.89. The van der Waals surface area contributed by atoms with Gasteiger partial charge in [0.15, 0.2) is 0 Å². The Morgan fingerprint density at radius 2 is 2.14 bits per heavy atom. The van der Waals surface area contributed by atoms with Crippen molar-refractivity contribution in [2.45, 2.75) is 24.5 Å². The highest BCUT2D eigenvalue weighted by Crippen LogP contribution is 2.32. The Morgan fingerprint density at radius 1 is 1.43 bits per heavy atom. The average Bonchev–Trinajstić information content (AvgIpc) is 2.92. The number of benzene rings is 1. The van der Waals surface area contributed by atoms with E-state index in [-0.39, 0.29) is 11.0 Å². The molecule has 1 fully saturated rings. The highest BCUT2D eigenvalue weighted by atomic mass is 35.7. The minimum Gasteiger partial charge on any atom is -0.442 e. The monoisotopic (exact) mass is 328 g/mol. The van der Waals surface area contributed by atoms with E-state index < -0.39 is 15.1 Å². The molecule has 1 aromatic heterocycles. The number of hydrogen-bond donors (Lipinski definition) is 1. The first kappa shape index (κ1) is 14.2. The third kappa shape index (κ3) is 2.47. The van der Waals surface area contributed by atoms with Crippen molar-refractivity contribution in [2.75, 3.05) is 6.54 Å². The molecule has 1 N–H and O–H groups in total. The van der Waals surface area contributed by atoms with E-state index in [0.717, 1.165) is 5.52 Å². The maximum absolute atomic E-state index is 11.8. The maximum atomic E-state index is 11.8. The van der Waals surface area contributed by atoms with E-state index in [1.54, 1.807) is 19.1 Å². The fourth-order valence-electron chi connectivity index (χ4n) is 2.68. The molecule has 0 spiro atoms. The third-order valence-corrected chi connectivity index (χ3v) is 5.02. The summed E-state index contributed by atoms with van der Waals surface area (Å²) in [4.78, 5) is 11.2. The summed E-state index contributed by atoms with van der Waals surface area (Å²) in [5.74, 6) is 0. The molecule has 112 valence electrons. The third-order valence-electron chi connectivity index (χ3n) is 3.55. The van der Waals surface area contributed by atoms with E-state index in [1.807, 2.05) is 16.7 Å². The van der Waals surface area contributed by atoms with Gasteiger partial charge in [-0.2, -0.15) is 0 Å². The molecule has 1 atom stereocenters. The van der Waals surface area contributed by atoms with Gasteiger partial charge in [-0.3, -0.25) is 0 Å². The summed E-state index contributed by atoms with van der Waals surface area (Å²) in [7, 11) is 1.70. The summed E-state index contributed by atoms with van der Waals surface area (Å²) < 4.78 is 30.6. The van der Waals surface area contributed by atoms with Gasteiger partial charge in [0.2, 0.25) is 0 Å². The number of alkyl carbamates (subject to hydrolysis) is 1. The van der Waals surface area contributed by atoms with Crippen LogP contribution < -0.4 is 5.32 Å². The molecular weight excluding hydrogens is 316 g/mol. The molecule has 1 aliphatic heterocycles. The lowest BCUT2D eigenvalue weighted by atomic mass is 10.2. The molecular formula is C13H13ClN2O4S. The van der Waals surface area contributed by atoms with Crippen molar-refractivity contribution < 1.29 is 17.9 Å². The van der Waals surface area contributed by atoms with Crippen LogP contribution in [0.4, 0.5) is 4.79 Å². The number of amides is 1.